The van der Waals surface area contributed by atoms with E-state index in [0.29, 0.717) is 5.56 Å². The molecule has 0 unspecified atom stereocenters. The number of thiophene rings is 1. The number of likely N-dealkylation sites (tertiary alicyclic amines) is 1. The van der Waals surface area contributed by atoms with Gasteiger partial charge in [-0.1, -0.05) is 6.07 Å². The molecule has 3 nitrogen and oxygen atoms in total. The second-order valence-electron chi connectivity index (χ2n) is 4.86. The first-order valence-corrected chi connectivity index (χ1v) is 7.41. The summed E-state index contributed by atoms with van der Waals surface area (Å²) in [6.45, 7) is 2.77. The first-order valence-electron chi connectivity index (χ1n) is 6.53. The summed E-state index contributed by atoms with van der Waals surface area (Å²) in [7, 11) is 0. The Bertz CT molecular complexity index is 562. The smallest absolute Gasteiger partial charge is 0.255 e. The number of rotatable bonds is 2. The average molecular weight is 272 g/mol. The van der Waals surface area contributed by atoms with E-state index in [4.69, 9.17) is 0 Å². The third kappa shape index (κ3) is 2.40. The maximum Gasteiger partial charge on any atom is 0.255 e. The summed E-state index contributed by atoms with van der Waals surface area (Å²) in [6, 6.07) is 8.18. The van der Waals surface area contributed by atoms with E-state index < -0.39 is 0 Å². The number of hydrogen-bond donors (Lipinski definition) is 0. The van der Waals surface area contributed by atoms with Crippen LogP contribution >= 0.6 is 11.3 Å². The minimum atomic E-state index is 0.100. The summed E-state index contributed by atoms with van der Waals surface area (Å²) in [5, 5.41) is 2.07. The number of aryl methyl sites for hydroxylation is 1. The van der Waals surface area contributed by atoms with Crippen LogP contribution in [0.5, 0.6) is 0 Å². The highest BCUT2D eigenvalue weighted by atomic mass is 32.1. The van der Waals surface area contributed by atoms with E-state index in [0.717, 1.165) is 25.1 Å². The molecule has 1 amide bonds. The van der Waals surface area contributed by atoms with Crippen LogP contribution in [0.2, 0.25) is 0 Å². The standard InChI is InChI=1S/C15H16N2OS/c1-11-6-7-12(10-16-11)15(18)17-8-2-4-13(17)14-5-3-9-19-14/h3,5-7,9-10,13H,2,4,8H2,1H3/t13-/m1/s1. The van der Waals surface area contributed by atoms with Crippen molar-refractivity contribution in [2.45, 2.75) is 25.8 Å². The number of pyridine rings is 1. The summed E-state index contributed by atoms with van der Waals surface area (Å²) in [5.41, 5.74) is 1.63. The van der Waals surface area contributed by atoms with Crippen LogP contribution in [0.4, 0.5) is 0 Å². The highest BCUT2D eigenvalue weighted by Crippen LogP contribution is 2.35. The Hall–Kier alpha value is -1.68. The number of carbonyl (C=O) groups is 1. The van der Waals surface area contributed by atoms with E-state index in [2.05, 4.69) is 22.5 Å². The lowest BCUT2D eigenvalue weighted by atomic mass is 10.1. The minimum absolute atomic E-state index is 0.100. The van der Waals surface area contributed by atoms with Gasteiger partial charge in [-0.05, 0) is 43.3 Å². The number of hydrogen-bond acceptors (Lipinski definition) is 3. The summed E-state index contributed by atoms with van der Waals surface area (Å²) < 4.78 is 0. The molecule has 0 N–H and O–H groups in total. The van der Waals surface area contributed by atoms with Crippen molar-refractivity contribution < 1.29 is 4.79 Å². The fourth-order valence-electron chi connectivity index (χ4n) is 2.55. The van der Waals surface area contributed by atoms with E-state index in [1.54, 1.807) is 17.5 Å². The minimum Gasteiger partial charge on any atom is -0.331 e. The van der Waals surface area contributed by atoms with Crippen LogP contribution in [0.3, 0.4) is 0 Å². The Balaban J connectivity index is 1.84. The first kappa shape index (κ1) is 12.4. The van der Waals surface area contributed by atoms with Gasteiger partial charge in [0.2, 0.25) is 0 Å². The van der Waals surface area contributed by atoms with E-state index in [1.807, 2.05) is 24.0 Å². The van der Waals surface area contributed by atoms with Crippen LogP contribution < -0.4 is 0 Å². The number of amides is 1. The molecule has 0 radical (unpaired) electrons. The SMILES string of the molecule is Cc1ccc(C(=O)N2CCC[C@@H]2c2cccs2)cn1. The topological polar surface area (TPSA) is 33.2 Å². The molecule has 0 spiro atoms. The Morgan fingerprint density at radius 2 is 2.32 bits per heavy atom. The lowest BCUT2D eigenvalue weighted by Crippen LogP contribution is -2.30. The number of carbonyl (C=O) groups excluding carboxylic acids is 1. The maximum atomic E-state index is 12.6. The molecule has 0 bridgehead atoms. The molecule has 1 fully saturated rings. The van der Waals surface area contributed by atoms with E-state index in [-0.39, 0.29) is 11.9 Å². The highest BCUT2D eigenvalue weighted by Gasteiger charge is 2.31. The average Bonchev–Trinajstić information content (AvgIpc) is 3.09. The molecule has 3 heterocycles. The second-order valence-corrected chi connectivity index (χ2v) is 5.84. The van der Waals surface area contributed by atoms with Crippen molar-refractivity contribution in [2.24, 2.45) is 0 Å². The molecule has 0 aliphatic carbocycles. The Kier molecular flexibility index (Phi) is 3.34. The fraction of sp³-hybridized carbons (Fsp3) is 0.333. The molecule has 1 saturated heterocycles. The van der Waals surface area contributed by atoms with Gasteiger partial charge in [-0.3, -0.25) is 9.78 Å². The van der Waals surface area contributed by atoms with Gasteiger partial charge in [-0.25, -0.2) is 0 Å². The third-order valence-electron chi connectivity index (χ3n) is 3.54. The van der Waals surface area contributed by atoms with Gasteiger partial charge in [0.1, 0.15) is 0 Å². The van der Waals surface area contributed by atoms with Gasteiger partial charge in [0, 0.05) is 23.3 Å². The van der Waals surface area contributed by atoms with Crippen molar-refractivity contribution in [1.82, 2.24) is 9.88 Å². The predicted molar refractivity (Wildman–Crippen MR) is 76.3 cm³/mol. The van der Waals surface area contributed by atoms with Crippen molar-refractivity contribution in [3.05, 3.63) is 52.0 Å². The van der Waals surface area contributed by atoms with Crippen LogP contribution in [0.25, 0.3) is 0 Å². The van der Waals surface area contributed by atoms with Crippen molar-refractivity contribution in [1.29, 1.82) is 0 Å². The largest absolute Gasteiger partial charge is 0.331 e. The van der Waals surface area contributed by atoms with E-state index in [9.17, 15) is 4.79 Å². The zero-order valence-electron chi connectivity index (χ0n) is 10.9. The fourth-order valence-corrected chi connectivity index (χ4v) is 3.42. The number of aromatic nitrogens is 1. The van der Waals surface area contributed by atoms with Gasteiger partial charge in [0.05, 0.1) is 11.6 Å². The summed E-state index contributed by atoms with van der Waals surface area (Å²) in [4.78, 5) is 20.0. The molecule has 1 aliphatic heterocycles. The van der Waals surface area contributed by atoms with Crippen LogP contribution in [0.15, 0.2) is 35.8 Å². The lowest BCUT2D eigenvalue weighted by Gasteiger charge is -2.23. The van der Waals surface area contributed by atoms with Crippen molar-refractivity contribution in [3.8, 4) is 0 Å². The summed E-state index contributed by atoms with van der Waals surface area (Å²) >= 11 is 1.73. The van der Waals surface area contributed by atoms with Crippen LogP contribution in [0, 0.1) is 6.92 Å². The summed E-state index contributed by atoms with van der Waals surface area (Å²) in [5.74, 6) is 0.100. The van der Waals surface area contributed by atoms with Gasteiger partial charge >= 0.3 is 0 Å². The second kappa shape index (κ2) is 5.13. The lowest BCUT2D eigenvalue weighted by molar-refractivity contribution is 0.0737. The molecule has 2 aromatic heterocycles. The van der Waals surface area contributed by atoms with Crippen molar-refractivity contribution in [2.75, 3.05) is 6.54 Å². The van der Waals surface area contributed by atoms with Gasteiger partial charge < -0.3 is 4.90 Å². The third-order valence-corrected chi connectivity index (χ3v) is 4.52. The monoisotopic (exact) mass is 272 g/mol. The van der Waals surface area contributed by atoms with Crippen LogP contribution in [-0.4, -0.2) is 22.3 Å². The summed E-state index contributed by atoms with van der Waals surface area (Å²) in [6.07, 6.45) is 3.82. The zero-order chi connectivity index (χ0) is 13.2. The molecule has 0 saturated carbocycles. The molecular formula is C15H16N2OS. The normalized spacial score (nSPS) is 18.8. The molecule has 4 heteroatoms. The Morgan fingerprint density at radius 3 is 3.00 bits per heavy atom. The van der Waals surface area contributed by atoms with Crippen LogP contribution in [0.1, 0.15) is 39.8 Å². The molecule has 2 aromatic rings. The predicted octanol–water partition coefficient (Wildman–Crippen LogP) is 3.43. The van der Waals surface area contributed by atoms with Crippen molar-refractivity contribution >= 4 is 17.2 Å². The molecule has 1 aliphatic rings. The Morgan fingerprint density at radius 1 is 1.42 bits per heavy atom. The maximum absolute atomic E-state index is 12.6. The molecule has 98 valence electrons. The van der Waals surface area contributed by atoms with Gasteiger partial charge in [0.25, 0.3) is 5.91 Å². The molecule has 19 heavy (non-hydrogen) atoms. The Labute approximate surface area is 116 Å². The molecule has 1 atom stereocenters. The molecule has 3 rings (SSSR count). The number of nitrogens with zero attached hydrogens (tertiary/aromatic N) is 2. The zero-order valence-corrected chi connectivity index (χ0v) is 11.7. The van der Waals surface area contributed by atoms with Gasteiger partial charge in [0.15, 0.2) is 0 Å². The van der Waals surface area contributed by atoms with Crippen molar-refractivity contribution in [3.63, 3.8) is 0 Å². The van der Waals surface area contributed by atoms with Gasteiger partial charge in [-0.2, -0.15) is 0 Å². The molecule has 0 aromatic carbocycles. The van der Waals surface area contributed by atoms with E-state index >= 15 is 0 Å². The van der Waals surface area contributed by atoms with Gasteiger partial charge in [-0.15, -0.1) is 11.3 Å². The van der Waals surface area contributed by atoms with E-state index in [1.165, 1.54) is 4.88 Å². The van der Waals surface area contributed by atoms with Crippen LogP contribution in [-0.2, 0) is 0 Å². The molecular weight excluding hydrogens is 256 g/mol. The highest BCUT2D eigenvalue weighted by molar-refractivity contribution is 7.10. The first-order chi connectivity index (χ1) is 9.25. The quantitative estimate of drug-likeness (QED) is 0.839.